The zero-order chi connectivity index (χ0) is 20.4. The average Bonchev–Trinajstić information content (AvgIpc) is 2.75. The van der Waals surface area contributed by atoms with Crippen LogP contribution in [0.15, 0.2) is 54.7 Å². The van der Waals surface area contributed by atoms with E-state index in [0.29, 0.717) is 17.5 Å². The number of nitrogens with one attached hydrogen (secondary N) is 1. The summed E-state index contributed by atoms with van der Waals surface area (Å²) in [5.41, 5.74) is 2.94. The number of para-hydroxylation sites is 1. The molecule has 0 aliphatic heterocycles. The van der Waals surface area contributed by atoms with Crippen LogP contribution in [0.25, 0.3) is 10.9 Å². The van der Waals surface area contributed by atoms with Gasteiger partial charge in [0.05, 0.1) is 10.5 Å². The number of nitrogens with zero attached hydrogens (tertiary/aromatic N) is 1. The van der Waals surface area contributed by atoms with E-state index in [2.05, 4.69) is 34.6 Å². The van der Waals surface area contributed by atoms with E-state index >= 15 is 0 Å². The van der Waals surface area contributed by atoms with Crippen LogP contribution < -0.4 is 5.32 Å². The minimum atomic E-state index is -0.486. The molecule has 1 unspecified atom stereocenters. The van der Waals surface area contributed by atoms with Crippen LogP contribution in [-0.4, -0.2) is 10.9 Å². The molecule has 1 atom stereocenters. The van der Waals surface area contributed by atoms with Crippen LogP contribution in [0.3, 0.4) is 0 Å². The molecule has 2 aromatic carbocycles. The number of amides is 1. The number of carbonyl (C=O) groups is 1. The van der Waals surface area contributed by atoms with Gasteiger partial charge in [0, 0.05) is 23.2 Å². The van der Waals surface area contributed by atoms with Crippen molar-refractivity contribution in [3.8, 4) is 0 Å². The third-order valence-corrected chi connectivity index (χ3v) is 6.49. The first kappa shape index (κ1) is 19.8. The standard InChI is InChI=1S/C24H24ClFN2O/c1-15(24(29)28-18-10-11-22(26)21(25)14-18)16-6-8-17(9-7-16)19-12-13-27-23-5-3-2-4-20(19)23/h2-5,10-17H,6-9H2,1H3,(H,28,29). The summed E-state index contributed by atoms with van der Waals surface area (Å²) in [6, 6.07) is 14.7. The summed E-state index contributed by atoms with van der Waals surface area (Å²) in [5.74, 6) is 0.222. The molecule has 4 rings (SSSR count). The predicted molar refractivity (Wildman–Crippen MR) is 116 cm³/mol. The molecule has 3 nitrogen and oxygen atoms in total. The van der Waals surface area contributed by atoms with E-state index in [1.807, 2.05) is 19.2 Å². The zero-order valence-electron chi connectivity index (χ0n) is 16.4. The first-order valence-electron chi connectivity index (χ1n) is 10.1. The minimum Gasteiger partial charge on any atom is -0.326 e. The summed E-state index contributed by atoms with van der Waals surface area (Å²) in [5, 5.41) is 4.12. The van der Waals surface area contributed by atoms with Crippen molar-refractivity contribution in [3.05, 3.63) is 71.1 Å². The summed E-state index contributed by atoms with van der Waals surface area (Å²) in [6.07, 6.45) is 6.06. The molecule has 3 aromatic rings. The van der Waals surface area contributed by atoms with Crippen molar-refractivity contribution in [1.29, 1.82) is 0 Å². The van der Waals surface area contributed by atoms with Crippen molar-refractivity contribution in [1.82, 2.24) is 4.98 Å². The lowest BCUT2D eigenvalue weighted by molar-refractivity contribution is -0.121. The lowest BCUT2D eigenvalue weighted by Crippen LogP contribution is -2.29. The van der Waals surface area contributed by atoms with Gasteiger partial charge >= 0.3 is 0 Å². The molecule has 5 heteroatoms. The Morgan fingerprint density at radius 3 is 2.66 bits per heavy atom. The zero-order valence-corrected chi connectivity index (χ0v) is 17.1. The fourth-order valence-electron chi connectivity index (χ4n) is 4.45. The Balaban J connectivity index is 1.39. The van der Waals surface area contributed by atoms with Gasteiger partial charge in [0.15, 0.2) is 0 Å². The molecule has 1 aliphatic carbocycles. The van der Waals surface area contributed by atoms with Crippen molar-refractivity contribution >= 4 is 34.1 Å². The summed E-state index contributed by atoms with van der Waals surface area (Å²) in [6.45, 7) is 1.98. The van der Waals surface area contributed by atoms with Crippen LogP contribution in [-0.2, 0) is 4.79 Å². The monoisotopic (exact) mass is 410 g/mol. The highest BCUT2D eigenvalue weighted by Gasteiger charge is 2.30. The molecule has 1 N–H and O–H groups in total. The third-order valence-electron chi connectivity index (χ3n) is 6.20. The van der Waals surface area contributed by atoms with Gasteiger partial charge in [-0.05, 0) is 73.4 Å². The molecule has 0 radical (unpaired) electrons. The molecule has 150 valence electrons. The molecular formula is C24H24ClFN2O. The number of fused-ring (bicyclic) bond motifs is 1. The maximum absolute atomic E-state index is 13.3. The van der Waals surface area contributed by atoms with Crippen molar-refractivity contribution in [2.45, 2.75) is 38.5 Å². The smallest absolute Gasteiger partial charge is 0.227 e. The Bertz CT molecular complexity index is 1030. The Labute approximate surface area is 175 Å². The van der Waals surface area contributed by atoms with Gasteiger partial charge in [0.25, 0.3) is 0 Å². The normalized spacial score (nSPS) is 20.4. The lowest BCUT2D eigenvalue weighted by Gasteiger charge is -2.32. The highest BCUT2D eigenvalue weighted by Crippen LogP contribution is 2.40. The summed E-state index contributed by atoms with van der Waals surface area (Å²) in [7, 11) is 0. The van der Waals surface area contributed by atoms with Crippen molar-refractivity contribution in [2.75, 3.05) is 5.32 Å². The number of aromatic nitrogens is 1. The number of benzene rings is 2. The van der Waals surface area contributed by atoms with Crippen LogP contribution >= 0.6 is 11.6 Å². The number of hydrogen-bond acceptors (Lipinski definition) is 2. The Kier molecular flexibility index (Phi) is 5.81. The van der Waals surface area contributed by atoms with Gasteiger partial charge in [-0.2, -0.15) is 0 Å². The number of pyridine rings is 1. The van der Waals surface area contributed by atoms with Gasteiger partial charge in [0.1, 0.15) is 5.82 Å². The molecule has 0 saturated heterocycles. The van der Waals surface area contributed by atoms with E-state index in [1.54, 1.807) is 0 Å². The summed E-state index contributed by atoms with van der Waals surface area (Å²) >= 11 is 5.81. The molecule has 0 bridgehead atoms. The maximum atomic E-state index is 13.3. The van der Waals surface area contributed by atoms with Crippen LogP contribution in [0, 0.1) is 17.7 Å². The minimum absolute atomic E-state index is 0.0144. The third kappa shape index (κ3) is 4.27. The van der Waals surface area contributed by atoms with E-state index in [4.69, 9.17) is 11.6 Å². The molecule has 1 amide bonds. The molecule has 1 heterocycles. The van der Waals surface area contributed by atoms with Crippen LogP contribution in [0.4, 0.5) is 10.1 Å². The molecule has 1 aromatic heterocycles. The Morgan fingerprint density at radius 2 is 1.90 bits per heavy atom. The second-order valence-electron chi connectivity index (χ2n) is 7.94. The fourth-order valence-corrected chi connectivity index (χ4v) is 4.63. The number of anilines is 1. The molecule has 1 aliphatic rings. The van der Waals surface area contributed by atoms with Gasteiger partial charge in [-0.1, -0.05) is 36.7 Å². The van der Waals surface area contributed by atoms with Gasteiger partial charge in [-0.3, -0.25) is 9.78 Å². The summed E-state index contributed by atoms with van der Waals surface area (Å²) in [4.78, 5) is 17.1. The Hall–Kier alpha value is -2.46. The summed E-state index contributed by atoms with van der Waals surface area (Å²) < 4.78 is 13.3. The highest BCUT2D eigenvalue weighted by atomic mass is 35.5. The van der Waals surface area contributed by atoms with E-state index in [-0.39, 0.29) is 16.8 Å². The SMILES string of the molecule is CC(C(=O)Nc1ccc(F)c(Cl)c1)C1CCC(c2ccnc3ccccc23)CC1. The first-order chi connectivity index (χ1) is 14.0. The average molecular weight is 411 g/mol. The second-order valence-corrected chi connectivity index (χ2v) is 8.34. The predicted octanol–water partition coefficient (Wildman–Crippen LogP) is 6.58. The van der Waals surface area contributed by atoms with Gasteiger partial charge < -0.3 is 5.32 Å². The molecule has 1 fully saturated rings. The Morgan fingerprint density at radius 1 is 1.14 bits per heavy atom. The number of halogens is 2. The van der Waals surface area contributed by atoms with Gasteiger partial charge in [0.2, 0.25) is 5.91 Å². The molecule has 29 heavy (non-hydrogen) atoms. The van der Waals surface area contributed by atoms with Crippen LogP contribution in [0.2, 0.25) is 5.02 Å². The van der Waals surface area contributed by atoms with Crippen molar-refractivity contribution in [3.63, 3.8) is 0 Å². The van der Waals surface area contributed by atoms with Crippen LogP contribution in [0.1, 0.15) is 44.1 Å². The number of hydrogen-bond donors (Lipinski definition) is 1. The lowest BCUT2D eigenvalue weighted by atomic mass is 9.73. The second kappa shape index (κ2) is 8.50. The number of rotatable bonds is 4. The topological polar surface area (TPSA) is 42.0 Å². The quantitative estimate of drug-likeness (QED) is 0.528. The van der Waals surface area contributed by atoms with E-state index in [0.717, 1.165) is 31.2 Å². The van der Waals surface area contributed by atoms with Crippen molar-refractivity contribution in [2.24, 2.45) is 11.8 Å². The first-order valence-corrected chi connectivity index (χ1v) is 10.5. The highest BCUT2D eigenvalue weighted by molar-refractivity contribution is 6.31. The largest absolute Gasteiger partial charge is 0.326 e. The molecule has 1 saturated carbocycles. The van der Waals surface area contributed by atoms with Gasteiger partial charge in [-0.15, -0.1) is 0 Å². The maximum Gasteiger partial charge on any atom is 0.227 e. The number of carbonyl (C=O) groups excluding carboxylic acids is 1. The molecular weight excluding hydrogens is 387 g/mol. The van der Waals surface area contributed by atoms with Gasteiger partial charge in [-0.25, -0.2) is 4.39 Å². The van der Waals surface area contributed by atoms with E-state index < -0.39 is 5.82 Å². The fraction of sp³-hybridized carbons (Fsp3) is 0.333. The van der Waals surface area contributed by atoms with E-state index in [1.165, 1.54) is 29.1 Å². The molecule has 0 spiro atoms. The van der Waals surface area contributed by atoms with E-state index in [9.17, 15) is 9.18 Å². The van der Waals surface area contributed by atoms with Crippen LogP contribution in [0.5, 0.6) is 0 Å². The van der Waals surface area contributed by atoms with Crippen molar-refractivity contribution < 1.29 is 9.18 Å².